The first-order valence-electron chi connectivity index (χ1n) is 10.6. The Morgan fingerprint density at radius 1 is 1.04 bits per heavy atom. The minimum Gasteiger partial charge on any atom is -0.378 e. The third kappa shape index (κ3) is 6.03. The Hall–Kier alpha value is -1.44. The van der Waals surface area contributed by atoms with Gasteiger partial charge in [0.05, 0.1) is 19.3 Å². The van der Waals surface area contributed by atoms with Gasteiger partial charge < -0.3 is 14.5 Å². The van der Waals surface area contributed by atoms with E-state index in [4.69, 9.17) is 4.74 Å². The van der Waals surface area contributed by atoms with Crippen molar-refractivity contribution in [3.63, 3.8) is 0 Å². The standard InChI is InChI=1S/C21H33N3O3S/c1-18(21(26)24-13-15-27-16-14-24)22-9-11-23(12-10-22)20(25)8-4-2-3-6-19-7-5-17-28-19/h5,7,17-18H,2-4,6,8-16H2,1H3. The van der Waals surface area contributed by atoms with Gasteiger partial charge in [-0.25, -0.2) is 0 Å². The molecule has 28 heavy (non-hydrogen) atoms. The Morgan fingerprint density at radius 3 is 2.46 bits per heavy atom. The van der Waals surface area contributed by atoms with Crippen LogP contribution in [0.1, 0.15) is 37.5 Å². The zero-order valence-corrected chi connectivity index (χ0v) is 17.8. The van der Waals surface area contributed by atoms with Gasteiger partial charge in [-0.05, 0) is 37.6 Å². The summed E-state index contributed by atoms with van der Waals surface area (Å²) in [6.07, 6.45) is 5.00. The van der Waals surface area contributed by atoms with E-state index in [0.29, 0.717) is 32.7 Å². The van der Waals surface area contributed by atoms with Crippen molar-refractivity contribution in [3.05, 3.63) is 22.4 Å². The van der Waals surface area contributed by atoms with Crippen molar-refractivity contribution in [2.75, 3.05) is 52.5 Å². The van der Waals surface area contributed by atoms with Gasteiger partial charge in [0.1, 0.15) is 0 Å². The van der Waals surface area contributed by atoms with Crippen LogP contribution < -0.4 is 0 Å². The van der Waals surface area contributed by atoms with Crippen molar-refractivity contribution in [3.8, 4) is 0 Å². The van der Waals surface area contributed by atoms with E-state index in [-0.39, 0.29) is 17.9 Å². The molecule has 0 spiro atoms. The summed E-state index contributed by atoms with van der Waals surface area (Å²) in [6, 6.07) is 4.16. The lowest BCUT2D eigenvalue weighted by atomic mass is 10.1. The maximum absolute atomic E-state index is 12.6. The molecular weight excluding hydrogens is 374 g/mol. The smallest absolute Gasteiger partial charge is 0.239 e. The van der Waals surface area contributed by atoms with Crippen LogP contribution in [0.2, 0.25) is 0 Å². The molecule has 1 atom stereocenters. The molecule has 2 amide bonds. The monoisotopic (exact) mass is 407 g/mol. The lowest BCUT2D eigenvalue weighted by Gasteiger charge is -2.39. The third-order valence-corrected chi connectivity index (χ3v) is 6.72. The van der Waals surface area contributed by atoms with Gasteiger partial charge in [-0.1, -0.05) is 12.5 Å². The van der Waals surface area contributed by atoms with E-state index in [1.165, 1.54) is 4.88 Å². The number of rotatable bonds is 8. The number of hydrogen-bond acceptors (Lipinski definition) is 5. The second-order valence-electron chi connectivity index (χ2n) is 7.67. The van der Waals surface area contributed by atoms with Crippen LogP contribution in [0.5, 0.6) is 0 Å². The Kier molecular flexibility index (Phi) is 8.30. The maximum Gasteiger partial charge on any atom is 0.239 e. The van der Waals surface area contributed by atoms with E-state index in [0.717, 1.165) is 51.9 Å². The zero-order valence-electron chi connectivity index (χ0n) is 17.0. The van der Waals surface area contributed by atoms with Crippen molar-refractivity contribution in [1.82, 2.24) is 14.7 Å². The number of unbranched alkanes of at least 4 members (excludes halogenated alkanes) is 2. The van der Waals surface area contributed by atoms with Crippen LogP contribution in [0.25, 0.3) is 0 Å². The molecule has 1 aromatic heterocycles. The molecule has 0 radical (unpaired) electrons. The van der Waals surface area contributed by atoms with Crippen LogP contribution in [0, 0.1) is 0 Å². The molecule has 6 nitrogen and oxygen atoms in total. The molecule has 1 unspecified atom stereocenters. The minimum atomic E-state index is -0.118. The van der Waals surface area contributed by atoms with Crippen LogP contribution in [0.3, 0.4) is 0 Å². The molecule has 0 bridgehead atoms. The van der Waals surface area contributed by atoms with Gasteiger partial charge in [0, 0.05) is 50.6 Å². The van der Waals surface area contributed by atoms with Crippen molar-refractivity contribution in [2.24, 2.45) is 0 Å². The van der Waals surface area contributed by atoms with E-state index in [1.54, 1.807) is 0 Å². The number of thiophene rings is 1. The molecule has 2 aliphatic heterocycles. The molecular formula is C21H33N3O3S. The van der Waals surface area contributed by atoms with Crippen molar-refractivity contribution in [1.29, 1.82) is 0 Å². The summed E-state index contributed by atoms with van der Waals surface area (Å²) < 4.78 is 5.33. The fourth-order valence-corrected chi connectivity index (χ4v) is 4.68. The van der Waals surface area contributed by atoms with Crippen molar-refractivity contribution < 1.29 is 14.3 Å². The highest BCUT2D eigenvalue weighted by atomic mass is 32.1. The van der Waals surface area contributed by atoms with Gasteiger partial charge in [0.15, 0.2) is 0 Å². The third-order valence-electron chi connectivity index (χ3n) is 5.79. The van der Waals surface area contributed by atoms with Gasteiger partial charge >= 0.3 is 0 Å². The molecule has 0 saturated carbocycles. The number of carbonyl (C=O) groups excluding carboxylic acids is 2. The Bertz CT molecular complexity index is 608. The average Bonchev–Trinajstić information content (AvgIpc) is 3.26. The second-order valence-corrected chi connectivity index (χ2v) is 8.70. The Labute approximate surface area is 172 Å². The highest BCUT2D eigenvalue weighted by molar-refractivity contribution is 7.09. The molecule has 3 rings (SSSR count). The van der Waals surface area contributed by atoms with E-state index < -0.39 is 0 Å². The molecule has 2 aliphatic rings. The molecule has 7 heteroatoms. The first-order chi connectivity index (χ1) is 13.6. The number of hydrogen-bond donors (Lipinski definition) is 0. The van der Waals surface area contributed by atoms with Crippen molar-refractivity contribution in [2.45, 2.75) is 45.1 Å². The summed E-state index contributed by atoms with van der Waals surface area (Å²) in [6.45, 7) is 7.65. The number of carbonyl (C=O) groups is 2. The first-order valence-corrected chi connectivity index (χ1v) is 11.4. The normalized spacial score (nSPS) is 19.6. The fraction of sp³-hybridized carbons (Fsp3) is 0.714. The molecule has 2 fully saturated rings. The van der Waals surface area contributed by atoms with Crippen LogP contribution in [-0.2, 0) is 20.7 Å². The molecule has 0 aromatic carbocycles. The predicted molar refractivity (Wildman–Crippen MR) is 112 cm³/mol. The van der Waals surface area contributed by atoms with Gasteiger partial charge in [-0.3, -0.25) is 14.5 Å². The highest BCUT2D eigenvalue weighted by Crippen LogP contribution is 2.15. The van der Waals surface area contributed by atoms with E-state index in [1.807, 2.05) is 28.1 Å². The second kappa shape index (κ2) is 10.9. The van der Waals surface area contributed by atoms with Gasteiger partial charge in [0.25, 0.3) is 0 Å². The Balaban J connectivity index is 1.31. The fourth-order valence-electron chi connectivity index (χ4n) is 3.93. The van der Waals surface area contributed by atoms with Gasteiger partial charge in [0.2, 0.25) is 11.8 Å². The lowest BCUT2D eigenvalue weighted by molar-refractivity contribution is -0.142. The van der Waals surface area contributed by atoms with Gasteiger partial charge in [-0.15, -0.1) is 11.3 Å². The zero-order chi connectivity index (χ0) is 19.8. The number of nitrogens with zero attached hydrogens (tertiary/aromatic N) is 3. The molecule has 0 aliphatic carbocycles. The van der Waals surface area contributed by atoms with E-state index >= 15 is 0 Å². The number of amides is 2. The van der Waals surface area contributed by atoms with Crippen LogP contribution in [0.4, 0.5) is 0 Å². The lowest BCUT2D eigenvalue weighted by Crippen LogP contribution is -2.56. The van der Waals surface area contributed by atoms with E-state index in [9.17, 15) is 9.59 Å². The molecule has 156 valence electrons. The quantitative estimate of drug-likeness (QED) is 0.620. The maximum atomic E-state index is 12.6. The number of piperazine rings is 1. The number of ether oxygens (including phenoxy) is 1. The largest absolute Gasteiger partial charge is 0.378 e. The van der Waals surface area contributed by atoms with Crippen LogP contribution >= 0.6 is 11.3 Å². The van der Waals surface area contributed by atoms with Crippen molar-refractivity contribution >= 4 is 23.2 Å². The summed E-state index contributed by atoms with van der Waals surface area (Å²) >= 11 is 1.81. The predicted octanol–water partition coefficient (Wildman–Crippen LogP) is 2.24. The summed E-state index contributed by atoms with van der Waals surface area (Å²) in [5, 5.41) is 2.12. The topological polar surface area (TPSA) is 53.1 Å². The number of aryl methyl sites for hydroxylation is 1. The molecule has 0 N–H and O–H groups in total. The molecule has 1 aromatic rings. The number of morpholine rings is 1. The summed E-state index contributed by atoms with van der Waals surface area (Å²) in [5.41, 5.74) is 0. The summed E-state index contributed by atoms with van der Waals surface area (Å²) in [5.74, 6) is 0.455. The summed E-state index contributed by atoms with van der Waals surface area (Å²) in [7, 11) is 0. The first kappa shape index (κ1) is 21.3. The van der Waals surface area contributed by atoms with Gasteiger partial charge in [-0.2, -0.15) is 0 Å². The highest BCUT2D eigenvalue weighted by Gasteiger charge is 2.30. The van der Waals surface area contributed by atoms with Crippen LogP contribution in [0.15, 0.2) is 17.5 Å². The Morgan fingerprint density at radius 2 is 1.79 bits per heavy atom. The summed E-state index contributed by atoms with van der Waals surface area (Å²) in [4.78, 5) is 32.6. The molecule has 2 saturated heterocycles. The molecule has 3 heterocycles. The average molecular weight is 408 g/mol. The minimum absolute atomic E-state index is 0.118. The van der Waals surface area contributed by atoms with Crippen LogP contribution in [-0.4, -0.2) is 85.0 Å². The SMILES string of the molecule is CC(C(=O)N1CCOCC1)N1CCN(C(=O)CCCCCc2cccs2)CC1. The van der Waals surface area contributed by atoms with E-state index in [2.05, 4.69) is 22.4 Å².